The maximum Gasteiger partial charge on any atom is 0.291 e. The first-order chi connectivity index (χ1) is 9.65. The van der Waals surface area contributed by atoms with Crippen molar-refractivity contribution in [3.8, 4) is 0 Å². The third-order valence-corrected chi connectivity index (χ3v) is 3.14. The molecule has 0 unspecified atom stereocenters. The Bertz CT molecular complexity index is 764. The van der Waals surface area contributed by atoms with Gasteiger partial charge in [-0.2, -0.15) is 0 Å². The summed E-state index contributed by atoms with van der Waals surface area (Å²) in [6.45, 7) is 0. The molecule has 3 nitrogen and oxygen atoms in total. The van der Waals surface area contributed by atoms with Gasteiger partial charge >= 0.3 is 0 Å². The fraction of sp³-hybridized carbons (Fsp3) is 0. The van der Waals surface area contributed by atoms with Crippen molar-refractivity contribution < 1.29 is 13.6 Å². The Morgan fingerprint density at radius 1 is 1.15 bits per heavy atom. The number of amides is 1. The summed E-state index contributed by atoms with van der Waals surface area (Å²) in [4.78, 5) is 12.0. The summed E-state index contributed by atoms with van der Waals surface area (Å²) < 4.78 is 19.1. The maximum atomic E-state index is 13.7. The molecule has 0 aliphatic rings. The SMILES string of the molecule is O=C(Nc1cccc(Cl)c1F)c1cc2ccccc2o1. The molecule has 0 atom stereocenters. The molecule has 1 amide bonds. The average molecular weight is 290 g/mol. The Labute approximate surface area is 119 Å². The lowest BCUT2D eigenvalue weighted by atomic mass is 10.2. The first kappa shape index (κ1) is 12.7. The smallest absolute Gasteiger partial charge is 0.291 e. The molecule has 0 aliphatic heterocycles. The number of rotatable bonds is 2. The van der Waals surface area contributed by atoms with Crippen molar-refractivity contribution in [1.82, 2.24) is 0 Å². The number of halogens is 2. The third-order valence-electron chi connectivity index (χ3n) is 2.85. The van der Waals surface area contributed by atoms with E-state index in [1.54, 1.807) is 18.2 Å². The highest BCUT2D eigenvalue weighted by atomic mass is 35.5. The minimum absolute atomic E-state index is 0.0166. The van der Waals surface area contributed by atoms with Crippen molar-refractivity contribution >= 4 is 34.2 Å². The van der Waals surface area contributed by atoms with Crippen molar-refractivity contribution in [3.63, 3.8) is 0 Å². The summed E-state index contributed by atoms with van der Waals surface area (Å²) in [6, 6.07) is 13.2. The first-order valence-electron chi connectivity index (χ1n) is 5.89. The van der Waals surface area contributed by atoms with Gasteiger partial charge in [0.25, 0.3) is 5.91 Å². The zero-order chi connectivity index (χ0) is 14.1. The normalized spacial score (nSPS) is 10.7. The highest BCUT2D eigenvalue weighted by Gasteiger charge is 2.15. The van der Waals surface area contributed by atoms with Crippen molar-refractivity contribution in [2.75, 3.05) is 5.32 Å². The number of furan rings is 1. The van der Waals surface area contributed by atoms with Crippen molar-refractivity contribution in [1.29, 1.82) is 0 Å². The van der Waals surface area contributed by atoms with Crippen LogP contribution in [0.1, 0.15) is 10.6 Å². The lowest BCUT2D eigenvalue weighted by molar-refractivity contribution is 0.0998. The topological polar surface area (TPSA) is 42.2 Å². The second-order valence-corrected chi connectivity index (χ2v) is 4.61. The number of hydrogen-bond acceptors (Lipinski definition) is 2. The molecule has 0 radical (unpaired) electrons. The molecule has 0 saturated carbocycles. The molecule has 1 N–H and O–H groups in total. The van der Waals surface area contributed by atoms with Crippen LogP contribution in [0.25, 0.3) is 11.0 Å². The van der Waals surface area contributed by atoms with E-state index in [0.29, 0.717) is 5.58 Å². The van der Waals surface area contributed by atoms with Crippen LogP contribution < -0.4 is 5.32 Å². The molecule has 100 valence electrons. The largest absolute Gasteiger partial charge is 0.451 e. The summed E-state index contributed by atoms with van der Waals surface area (Å²) in [5.41, 5.74) is 0.618. The van der Waals surface area contributed by atoms with E-state index in [1.807, 2.05) is 18.2 Å². The number of benzene rings is 2. The van der Waals surface area contributed by atoms with Crippen LogP contribution in [0, 0.1) is 5.82 Å². The number of fused-ring (bicyclic) bond motifs is 1. The van der Waals surface area contributed by atoms with Crippen LogP contribution in [0.5, 0.6) is 0 Å². The van der Waals surface area contributed by atoms with Gasteiger partial charge in [-0.05, 0) is 24.3 Å². The van der Waals surface area contributed by atoms with Crippen molar-refractivity contribution in [2.24, 2.45) is 0 Å². The van der Waals surface area contributed by atoms with Gasteiger partial charge in [0.2, 0.25) is 0 Å². The molecular weight excluding hydrogens is 281 g/mol. The van der Waals surface area contributed by atoms with Gasteiger partial charge < -0.3 is 9.73 Å². The second-order valence-electron chi connectivity index (χ2n) is 4.20. The number of para-hydroxylation sites is 1. The van der Waals surface area contributed by atoms with Gasteiger partial charge in [0.05, 0.1) is 10.7 Å². The van der Waals surface area contributed by atoms with E-state index in [4.69, 9.17) is 16.0 Å². The number of carbonyl (C=O) groups excluding carboxylic acids is 1. The Morgan fingerprint density at radius 3 is 2.75 bits per heavy atom. The first-order valence-corrected chi connectivity index (χ1v) is 6.27. The fourth-order valence-electron chi connectivity index (χ4n) is 1.88. The molecule has 5 heteroatoms. The number of carbonyl (C=O) groups is 1. The fourth-order valence-corrected chi connectivity index (χ4v) is 2.05. The lowest BCUT2D eigenvalue weighted by Crippen LogP contribution is -2.12. The third kappa shape index (κ3) is 2.26. The molecule has 0 saturated heterocycles. The zero-order valence-electron chi connectivity index (χ0n) is 10.2. The Balaban J connectivity index is 1.91. The monoisotopic (exact) mass is 289 g/mol. The summed E-state index contributed by atoms with van der Waals surface area (Å²) in [6.07, 6.45) is 0. The van der Waals surface area contributed by atoms with Crippen LogP contribution in [-0.2, 0) is 0 Å². The van der Waals surface area contributed by atoms with E-state index in [0.717, 1.165) is 5.39 Å². The van der Waals surface area contributed by atoms with Gasteiger partial charge in [-0.15, -0.1) is 0 Å². The van der Waals surface area contributed by atoms with E-state index in [9.17, 15) is 9.18 Å². The molecule has 0 aliphatic carbocycles. The van der Waals surface area contributed by atoms with E-state index in [-0.39, 0.29) is 16.5 Å². The van der Waals surface area contributed by atoms with Gasteiger partial charge in [0, 0.05) is 5.39 Å². The highest BCUT2D eigenvalue weighted by molar-refractivity contribution is 6.31. The van der Waals surface area contributed by atoms with Crippen LogP contribution in [0.2, 0.25) is 5.02 Å². The van der Waals surface area contributed by atoms with E-state index >= 15 is 0 Å². The highest BCUT2D eigenvalue weighted by Crippen LogP contribution is 2.24. The van der Waals surface area contributed by atoms with E-state index < -0.39 is 11.7 Å². The number of hydrogen-bond donors (Lipinski definition) is 1. The Hall–Kier alpha value is -2.33. The molecule has 3 aromatic rings. The summed E-state index contributed by atoms with van der Waals surface area (Å²) in [5.74, 6) is -1.08. The molecule has 1 heterocycles. The van der Waals surface area contributed by atoms with Crippen LogP contribution in [-0.4, -0.2) is 5.91 Å². The number of anilines is 1. The van der Waals surface area contributed by atoms with Crippen LogP contribution in [0.15, 0.2) is 52.9 Å². The molecule has 2 aromatic carbocycles. The second kappa shape index (κ2) is 4.98. The standard InChI is InChI=1S/C15H9ClFNO2/c16-10-5-3-6-11(14(10)17)18-15(19)13-8-9-4-1-2-7-12(9)20-13/h1-8H,(H,18,19). The molecule has 3 rings (SSSR count). The number of nitrogens with one attached hydrogen (secondary N) is 1. The zero-order valence-corrected chi connectivity index (χ0v) is 10.9. The van der Waals surface area contributed by atoms with Gasteiger partial charge in [-0.25, -0.2) is 4.39 Å². The van der Waals surface area contributed by atoms with Crippen molar-refractivity contribution in [3.05, 3.63) is 65.1 Å². The van der Waals surface area contributed by atoms with E-state index in [1.165, 1.54) is 12.1 Å². The molecule has 0 fully saturated rings. The van der Waals surface area contributed by atoms with Crippen LogP contribution in [0.3, 0.4) is 0 Å². The van der Waals surface area contributed by atoms with Gasteiger partial charge in [-0.1, -0.05) is 35.9 Å². The van der Waals surface area contributed by atoms with Gasteiger partial charge in [0.1, 0.15) is 5.58 Å². The summed E-state index contributed by atoms with van der Waals surface area (Å²) in [5, 5.41) is 3.20. The summed E-state index contributed by atoms with van der Waals surface area (Å²) in [7, 11) is 0. The molecule has 20 heavy (non-hydrogen) atoms. The van der Waals surface area contributed by atoms with Gasteiger partial charge in [-0.3, -0.25) is 4.79 Å². The molecule has 0 bridgehead atoms. The van der Waals surface area contributed by atoms with Crippen molar-refractivity contribution in [2.45, 2.75) is 0 Å². The predicted octanol–water partition coefficient (Wildman–Crippen LogP) is 4.48. The molecular formula is C15H9ClFNO2. The predicted molar refractivity (Wildman–Crippen MR) is 75.6 cm³/mol. The minimum atomic E-state index is -0.668. The average Bonchev–Trinajstić information content (AvgIpc) is 2.88. The van der Waals surface area contributed by atoms with Gasteiger partial charge in [0.15, 0.2) is 11.6 Å². The van der Waals surface area contributed by atoms with E-state index in [2.05, 4.69) is 5.32 Å². The maximum absolute atomic E-state index is 13.7. The minimum Gasteiger partial charge on any atom is -0.451 e. The van der Waals surface area contributed by atoms with Crippen LogP contribution in [0.4, 0.5) is 10.1 Å². The summed E-state index contributed by atoms with van der Waals surface area (Å²) >= 11 is 5.66. The Kier molecular flexibility index (Phi) is 3.16. The molecule has 0 spiro atoms. The quantitative estimate of drug-likeness (QED) is 0.756. The Morgan fingerprint density at radius 2 is 1.95 bits per heavy atom. The lowest BCUT2D eigenvalue weighted by Gasteiger charge is -2.05. The molecule has 1 aromatic heterocycles. The van der Waals surface area contributed by atoms with Crippen LogP contribution >= 0.6 is 11.6 Å².